The molecular formula is C58H101NO10. The molecule has 1 fully saturated rings. The van der Waals surface area contributed by atoms with Crippen molar-refractivity contribution in [1.82, 2.24) is 5.32 Å². The Balaban J connectivity index is 2.82. The van der Waals surface area contributed by atoms with Crippen LogP contribution < -0.4 is 5.32 Å². The lowest BCUT2D eigenvalue weighted by Crippen LogP contribution is -2.61. The van der Waals surface area contributed by atoms with Gasteiger partial charge in [-0.15, -0.1) is 0 Å². The van der Waals surface area contributed by atoms with Crippen LogP contribution >= 0.6 is 0 Å². The third-order valence-corrected chi connectivity index (χ3v) is 12.6. The number of ether oxygens (including phenoxy) is 3. The monoisotopic (exact) mass is 972 g/mol. The van der Waals surface area contributed by atoms with Gasteiger partial charge >= 0.3 is 5.97 Å². The van der Waals surface area contributed by atoms with Crippen LogP contribution in [0.1, 0.15) is 220 Å². The first kappa shape index (κ1) is 64.1. The lowest BCUT2D eigenvalue weighted by molar-refractivity contribution is -0.305. The number of rotatable bonds is 45. The Morgan fingerprint density at radius 2 is 1.01 bits per heavy atom. The van der Waals surface area contributed by atoms with Crippen molar-refractivity contribution in [2.75, 3.05) is 13.2 Å². The molecule has 11 heteroatoms. The molecule has 1 aliphatic heterocycles. The summed E-state index contributed by atoms with van der Waals surface area (Å²) in [4.78, 5) is 26.3. The zero-order chi connectivity index (χ0) is 50.4. The fourth-order valence-corrected chi connectivity index (χ4v) is 8.09. The van der Waals surface area contributed by atoms with Crippen LogP contribution in [-0.2, 0) is 23.8 Å². The standard InChI is InChI=1S/C58H101NO10/c1-4-7-10-13-16-19-22-24-25-26-28-31-33-36-39-42-45-51(62)57(66)59-49(50(61)44-41-38-35-32-30-27-23-20-17-14-11-8-5-2)48-67-58-56(55(65)54(64)52(47-60)68-58)69-53(63)46-43-40-37-34-29-21-18-15-12-9-6-3/h15-16,18-19,24-25,28,31,36,39,41,44,49-52,54-56,58,60-62,64-65H,4-14,17,20-23,26-27,29-30,32-35,37-38,40,42-43,45-48H2,1-3H3,(H,59,66)/b18-15-,19-16-,25-24-,31-28-,39-36-,44-41+. The molecule has 0 saturated carbocycles. The highest BCUT2D eigenvalue weighted by molar-refractivity contribution is 5.80. The van der Waals surface area contributed by atoms with Crippen LogP contribution in [0.2, 0.25) is 0 Å². The van der Waals surface area contributed by atoms with Crippen molar-refractivity contribution in [2.24, 2.45) is 0 Å². The zero-order valence-electron chi connectivity index (χ0n) is 43.7. The van der Waals surface area contributed by atoms with Gasteiger partial charge in [-0.05, 0) is 83.5 Å². The zero-order valence-corrected chi connectivity index (χ0v) is 43.7. The number of unbranched alkanes of at least 4 members (excludes halogenated alkanes) is 21. The summed E-state index contributed by atoms with van der Waals surface area (Å²) in [5, 5.41) is 56.6. The molecule has 8 unspecified atom stereocenters. The summed E-state index contributed by atoms with van der Waals surface area (Å²) in [5.74, 6) is -1.27. The number of carbonyl (C=O) groups is 2. The smallest absolute Gasteiger partial charge is 0.306 e. The maximum Gasteiger partial charge on any atom is 0.306 e. The highest BCUT2D eigenvalue weighted by Crippen LogP contribution is 2.26. The molecule has 1 rings (SSSR count). The summed E-state index contributed by atoms with van der Waals surface area (Å²) < 4.78 is 17.5. The van der Waals surface area contributed by atoms with Crippen LogP contribution in [0, 0.1) is 0 Å². The van der Waals surface area contributed by atoms with E-state index in [1.807, 2.05) is 18.2 Å². The Bertz CT molecular complexity index is 1390. The Morgan fingerprint density at radius 1 is 0.565 bits per heavy atom. The number of hydrogen-bond donors (Lipinski definition) is 6. The van der Waals surface area contributed by atoms with E-state index in [4.69, 9.17) is 14.2 Å². The minimum atomic E-state index is -1.63. The number of allylic oxidation sites excluding steroid dienone is 11. The van der Waals surface area contributed by atoms with Crippen LogP contribution in [0.25, 0.3) is 0 Å². The van der Waals surface area contributed by atoms with Crippen molar-refractivity contribution in [3.63, 3.8) is 0 Å². The molecule has 0 bridgehead atoms. The van der Waals surface area contributed by atoms with Gasteiger partial charge in [-0.25, -0.2) is 0 Å². The molecular weight excluding hydrogens is 871 g/mol. The molecule has 0 aromatic rings. The number of esters is 1. The van der Waals surface area contributed by atoms with E-state index in [-0.39, 0.29) is 19.4 Å². The van der Waals surface area contributed by atoms with E-state index in [0.717, 1.165) is 89.9 Å². The molecule has 1 amide bonds. The maximum atomic E-state index is 13.3. The minimum absolute atomic E-state index is 0.104. The number of carbonyl (C=O) groups excluding carboxylic acids is 2. The summed E-state index contributed by atoms with van der Waals surface area (Å²) >= 11 is 0. The van der Waals surface area contributed by atoms with Crippen molar-refractivity contribution in [1.29, 1.82) is 0 Å². The maximum absolute atomic E-state index is 13.3. The number of amides is 1. The van der Waals surface area contributed by atoms with E-state index in [1.54, 1.807) is 6.08 Å². The summed E-state index contributed by atoms with van der Waals surface area (Å²) in [6, 6.07) is -1.05. The van der Waals surface area contributed by atoms with Crippen molar-refractivity contribution >= 4 is 11.9 Å². The predicted molar refractivity (Wildman–Crippen MR) is 283 cm³/mol. The first-order valence-electron chi connectivity index (χ1n) is 27.7. The van der Waals surface area contributed by atoms with E-state index in [2.05, 4.69) is 74.7 Å². The highest BCUT2D eigenvalue weighted by Gasteiger charge is 2.47. The fourth-order valence-electron chi connectivity index (χ4n) is 8.09. The molecule has 1 saturated heterocycles. The van der Waals surface area contributed by atoms with E-state index < -0.39 is 67.4 Å². The second-order valence-electron chi connectivity index (χ2n) is 19.0. The average Bonchev–Trinajstić information content (AvgIpc) is 3.34. The Hall–Kier alpha value is -2.90. The molecule has 69 heavy (non-hydrogen) atoms. The van der Waals surface area contributed by atoms with E-state index in [1.165, 1.54) is 83.5 Å². The largest absolute Gasteiger partial charge is 0.454 e. The van der Waals surface area contributed by atoms with E-state index in [9.17, 15) is 35.1 Å². The minimum Gasteiger partial charge on any atom is -0.454 e. The van der Waals surface area contributed by atoms with Crippen molar-refractivity contribution in [3.05, 3.63) is 72.9 Å². The summed E-state index contributed by atoms with van der Waals surface area (Å²) in [7, 11) is 0. The molecule has 398 valence electrons. The van der Waals surface area contributed by atoms with E-state index in [0.29, 0.717) is 12.8 Å². The SMILES string of the molecule is CCCC/C=C\CCCCCCCC(=O)OC1C(OCC(NC(=O)C(O)CC/C=C\C/C=C\C/C=C\C/C=C\CCCCC)C(O)/C=C/CCCCCCCCCCCCC)OC(CO)C(O)C1O. The lowest BCUT2D eigenvalue weighted by Gasteiger charge is -2.41. The van der Waals surface area contributed by atoms with Gasteiger partial charge in [0.2, 0.25) is 5.91 Å². The first-order valence-corrected chi connectivity index (χ1v) is 27.7. The topological polar surface area (TPSA) is 175 Å². The summed E-state index contributed by atoms with van der Waals surface area (Å²) in [6.07, 6.45) is 46.7. The average molecular weight is 972 g/mol. The van der Waals surface area contributed by atoms with Gasteiger partial charge in [0.1, 0.15) is 24.4 Å². The first-order chi connectivity index (χ1) is 33.7. The van der Waals surface area contributed by atoms with Crippen LogP contribution in [0.15, 0.2) is 72.9 Å². The van der Waals surface area contributed by atoms with Crippen molar-refractivity contribution in [2.45, 2.75) is 269 Å². The molecule has 1 aliphatic rings. The van der Waals surface area contributed by atoms with Gasteiger partial charge in [-0.2, -0.15) is 0 Å². The summed E-state index contributed by atoms with van der Waals surface area (Å²) in [5.41, 5.74) is 0. The lowest BCUT2D eigenvalue weighted by atomic mass is 9.99. The Labute approximate surface area is 420 Å². The quantitative estimate of drug-likeness (QED) is 0.0196. The number of nitrogens with one attached hydrogen (secondary N) is 1. The Kier molecular flexibility index (Phi) is 42.9. The highest BCUT2D eigenvalue weighted by atomic mass is 16.7. The van der Waals surface area contributed by atoms with Crippen molar-refractivity contribution in [3.8, 4) is 0 Å². The molecule has 0 aromatic carbocycles. The molecule has 8 atom stereocenters. The fraction of sp³-hybridized carbons (Fsp3) is 0.759. The van der Waals surface area contributed by atoms with Gasteiger partial charge in [0.05, 0.1) is 25.4 Å². The normalized spacial score (nSPS) is 20.4. The molecule has 0 aromatic heterocycles. The van der Waals surface area contributed by atoms with Gasteiger partial charge in [0.15, 0.2) is 12.4 Å². The molecule has 11 nitrogen and oxygen atoms in total. The second kappa shape index (κ2) is 46.2. The van der Waals surface area contributed by atoms with E-state index >= 15 is 0 Å². The predicted octanol–water partition coefficient (Wildman–Crippen LogP) is 12.1. The molecule has 1 heterocycles. The Morgan fingerprint density at radius 3 is 1.58 bits per heavy atom. The molecule has 0 spiro atoms. The van der Waals surface area contributed by atoms with Crippen molar-refractivity contribution < 1.29 is 49.3 Å². The summed E-state index contributed by atoms with van der Waals surface area (Å²) in [6.45, 7) is 5.65. The van der Waals surface area contributed by atoms with Gasteiger partial charge < -0.3 is 45.1 Å². The van der Waals surface area contributed by atoms with Gasteiger partial charge in [-0.1, -0.05) is 203 Å². The number of aliphatic hydroxyl groups is 5. The van der Waals surface area contributed by atoms with Gasteiger partial charge in [-0.3, -0.25) is 9.59 Å². The third-order valence-electron chi connectivity index (χ3n) is 12.6. The van der Waals surface area contributed by atoms with Crippen LogP contribution in [0.5, 0.6) is 0 Å². The number of hydrogen-bond acceptors (Lipinski definition) is 10. The number of aliphatic hydroxyl groups excluding tert-OH is 5. The van der Waals surface area contributed by atoms with Crippen LogP contribution in [0.3, 0.4) is 0 Å². The van der Waals surface area contributed by atoms with Crippen LogP contribution in [0.4, 0.5) is 0 Å². The van der Waals surface area contributed by atoms with Gasteiger partial charge in [0, 0.05) is 6.42 Å². The molecule has 6 N–H and O–H groups in total. The second-order valence-corrected chi connectivity index (χ2v) is 19.0. The molecule has 0 aliphatic carbocycles. The van der Waals surface area contributed by atoms with Crippen LogP contribution in [-0.4, -0.2) is 99.6 Å². The third kappa shape index (κ3) is 35.0. The van der Waals surface area contributed by atoms with Gasteiger partial charge in [0.25, 0.3) is 0 Å². The molecule has 0 radical (unpaired) electrons.